The molecule has 0 saturated carbocycles. The van der Waals surface area contributed by atoms with Crippen molar-refractivity contribution in [3.63, 3.8) is 0 Å². The zero-order chi connectivity index (χ0) is 12.3. The van der Waals surface area contributed by atoms with E-state index < -0.39 is 0 Å². The fourth-order valence-electron chi connectivity index (χ4n) is 1.44. The predicted molar refractivity (Wildman–Crippen MR) is 64.2 cm³/mol. The Morgan fingerprint density at radius 2 is 2.24 bits per heavy atom. The number of nitrogens with one attached hydrogen (secondary N) is 2. The van der Waals surface area contributed by atoms with Crippen LogP contribution in [0.15, 0.2) is 12.4 Å². The molecule has 7 heteroatoms. The Morgan fingerprint density at radius 3 is 2.88 bits per heavy atom. The summed E-state index contributed by atoms with van der Waals surface area (Å²) in [6.07, 6.45) is 4.19. The molecular formula is C10H15N7. The Labute approximate surface area is 98.9 Å². The van der Waals surface area contributed by atoms with Crippen LogP contribution in [0.5, 0.6) is 0 Å². The van der Waals surface area contributed by atoms with E-state index in [-0.39, 0.29) is 12.0 Å². The summed E-state index contributed by atoms with van der Waals surface area (Å²) in [6.45, 7) is 3.93. The summed E-state index contributed by atoms with van der Waals surface area (Å²) < 4.78 is 0. The second kappa shape index (κ2) is 4.77. The van der Waals surface area contributed by atoms with Gasteiger partial charge in [0, 0.05) is 18.8 Å². The summed E-state index contributed by atoms with van der Waals surface area (Å²) in [5, 5.41) is 3.12. The van der Waals surface area contributed by atoms with Crippen molar-refractivity contribution in [2.75, 3.05) is 11.1 Å². The number of nitrogen functional groups attached to an aromatic ring is 1. The van der Waals surface area contributed by atoms with E-state index in [0.717, 1.165) is 12.2 Å². The second-order valence-corrected chi connectivity index (χ2v) is 3.63. The van der Waals surface area contributed by atoms with E-state index in [2.05, 4.69) is 30.2 Å². The molecule has 4 N–H and O–H groups in total. The van der Waals surface area contributed by atoms with Crippen LogP contribution in [0, 0.1) is 0 Å². The smallest absolute Gasteiger partial charge is 0.228 e. The first kappa shape index (κ1) is 11.3. The average molecular weight is 233 g/mol. The van der Waals surface area contributed by atoms with E-state index >= 15 is 0 Å². The van der Waals surface area contributed by atoms with Crippen molar-refractivity contribution in [2.24, 2.45) is 0 Å². The standard InChI is InChI=1S/C10H15N7/c1-3-7-15-9(11)17-10(16-7)14-6(2)8-12-4-5-13-8/h4-6H,3H2,1-2H3,(H,12,13)(H3,11,14,15,16,17). The first-order valence-corrected chi connectivity index (χ1v) is 5.45. The molecule has 17 heavy (non-hydrogen) atoms. The highest BCUT2D eigenvalue weighted by atomic mass is 15.2. The predicted octanol–water partition coefficient (Wildman–Crippen LogP) is 0.912. The quantitative estimate of drug-likeness (QED) is 0.725. The maximum Gasteiger partial charge on any atom is 0.228 e. The van der Waals surface area contributed by atoms with Gasteiger partial charge in [-0.05, 0) is 6.92 Å². The highest BCUT2D eigenvalue weighted by Gasteiger charge is 2.10. The lowest BCUT2D eigenvalue weighted by Crippen LogP contribution is -2.13. The van der Waals surface area contributed by atoms with Gasteiger partial charge >= 0.3 is 0 Å². The lowest BCUT2D eigenvalue weighted by molar-refractivity contribution is 0.785. The third kappa shape index (κ3) is 2.68. The molecule has 0 fully saturated rings. The van der Waals surface area contributed by atoms with E-state index in [1.807, 2.05) is 13.8 Å². The zero-order valence-electron chi connectivity index (χ0n) is 9.81. The molecule has 2 aromatic rings. The van der Waals surface area contributed by atoms with Gasteiger partial charge < -0.3 is 16.0 Å². The molecule has 0 bridgehead atoms. The molecule has 0 saturated heterocycles. The van der Waals surface area contributed by atoms with Gasteiger partial charge in [0.05, 0.1) is 6.04 Å². The highest BCUT2D eigenvalue weighted by molar-refractivity contribution is 5.32. The van der Waals surface area contributed by atoms with Crippen molar-refractivity contribution in [1.82, 2.24) is 24.9 Å². The Balaban J connectivity index is 2.15. The highest BCUT2D eigenvalue weighted by Crippen LogP contribution is 2.13. The van der Waals surface area contributed by atoms with E-state index in [4.69, 9.17) is 5.73 Å². The fraction of sp³-hybridized carbons (Fsp3) is 0.400. The number of nitrogens with zero attached hydrogens (tertiary/aromatic N) is 4. The van der Waals surface area contributed by atoms with Crippen molar-refractivity contribution in [1.29, 1.82) is 0 Å². The van der Waals surface area contributed by atoms with Crippen LogP contribution in [0.3, 0.4) is 0 Å². The number of aromatic amines is 1. The van der Waals surface area contributed by atoms with Crippen molar-refractivity contribution in [3.05, 3.63) is 24.0 Å². The van der Waals surface area contributed by atoms with Crippen LogP contribution in [0.25, 0.3) is 0 Å². The first-order valence-electron chi connectivity index (χ1n) is 5.45. The summed E-state index contributed by atoms with van der Waals surface area (Å²) in [6, 6.07) is -0.0171. The van der Waals surface area contributed by atoms with Gasteiger partial charge in [-0.3, -0.25) is 0 Å². The Bertz CT molecular complexity index is 479. The van der Waals surface area contributed by atoms with E-state index in [9.17, 15) is 0 Å². The zero-order valence-corrected chi connectivity index (χ0v) is 9.81. The normalized spacial score (nSPS) is 12.4. The molecule has 0 aromatic carbocycles. The molecule has 0 spiro atoms. The molecule has 7 nitrogen and oxygen atoms in total. The molecule has 90 valence electrons. The third-order valence-corrected chi connectivity index (χ3v) is 2.29. The summed E-state index contributed by atoms with van der Waals surface area (Å²) >= 11 is 0. The number of H-pyrrole nitrogens is 1. The number of hydrogen-bond acceptors (Lipinski definition) is 6. The number of rotatable bonds is 4. The van der Waals surface area contributed by atoms with Gasteiger partial charge in [-0.1, -0.05) is 6.92 Å². The van der Waals surface area contributed by atoms with Gasteiger partial charge in [-0.25, -0.2) is 4.98 Å². The molecule has 0 amide bonds. The van der Waals surface area contributed by atoms with Gasteiger partial charge in [-0.2, -0.15) is 15.0 Å². The summed E-state index contributed by atoms with van der Waals surface area (Å²) in [5.41, 5.74) is 5.60. The first-order chi connectivity index (χ1) is 8.19. The summed E-state index contributed by atoms with van der Waals surface area (Å²) in [5.74, 6) is 2.19. The number of nitrogens with two attached hydrogens (primary N) is 1. The Kier molecular flexibility index (Phi) is 3.17. The number of imidazole rings is 1. The molecule has 2 heterocycles. The monoisotopic (exact) mass is 233 g/mol. The summed E-state index contributed by atoms with van der Waals surface area (Å²) in [4.78, 5) is 19.5. The second-order valence-electron chi connectivity index (χ2n) is 3.63. The lowest BCUT2D eigenvalue weighted by Gasteiger charge is -2.11. The van der Waals surface area contributed by atoms with Crippen LogP contribution < -0.4 is 11.1 Å². The molecule has 0 aliphatic heterocycles. The Morgan fingerprint density at radius 1 is 1.41 bits per heavy atom. The SMILES string of the molecule is CCc1nc(N)nc(NC(C)c2ncc[nH]2)n1. The number of anilines is 2. The van der Waals surface area contributed by atoms with Crippen molar-refractivity contribution in [2.45, 2.75) is 26.3 Å². The van der Waals surface area contributed by atoms with Crippen LogP contribution in [0.4, 0.5) is 11.9 Å². The average Bonchev–Trinajstić information content (AvgIpc) is 2.81. The van der Waals surface area contributed by atoms with Crippen LogP contribution in [0.2, 0.25) is 0 Å². The molecule has 1 unspecified atom stereocenters. The third-order valence-electron chi connectivity index (χ3n) is 2.29. The van der Waals surface area contributed by atoms with Crippen molar-refractivity contribution < 1.29 is 0 Å². The minimum atomic E-state index is -0.0171. The molecule has 0 radical (unpaired) electrons. The van der Waals surface area contributed by atoms with Gasteiger partial charge in [0.25, 0.3) is 0 Å². The van der Waals surface area contributed by atoms with E-state index in [1.54, 1.807) is 12.4 Å². The topological polar surface area (TPSA) is 105 Å². The van der Waals surface area contributed by atoms with Gasteiger partial charge in [0.1, 0.15) is 11.6 Å². The maximum atomic E-state index is 5.60. The van der Waals surface area contributed by atoms with Crippen LogP contribution in [-0.2, 0) is 6.42 Å². The number of aryl methyl sites for hydroxylation is 1. The molecule has 2 rings (SSSR count). The molecule has 2 aromatic heterocycles. The number of aromatic nitrogens is 5. The van der Waals surface area contributed by atoms with Gasteiger partial charge in [-0.15, -0.1) is 0 Å². The molecule has 0 aliphatic carbocycles. The van der Waals surface area contributed by atoms with E-state index in [0.29, 0.717) is 11.8 Å². The lowest BCUT2D eigenvalue weighted by atomic mass is 10.3. The largest absolute Gasteiger partial charge is 0.368 e. The van der Waals surface area contributed by atoms with Gasteiger partial charge in [0.15, 0.2) is 0 Å². The minimum absolute atomic E-state index is 0.0171. The number of hydrogen-bond donors (Lipinski definition) is 3. The fourth-order valence-corrected chi connectivity index (χ4v) is 1.44. The molecular weight excluding hydrogens is 218 g/mol. The summed E-state index contributed by atoms with van der Waals surface area (Å²) in [7, 11) is 0. The molecule has 1 atom stereocenters. The molecule has 0 aliphatic rings. The van der Waals surface area contributed by atoms with Crippen LogP contribution in [0.1, 0.15) is 31.5 Å². The minimum Gasteiger partial charge on any atom is -0.368 e. The Hall–Kier alpha value is -2.18. The van der Waals surface area contributed by atoms with Crippen molar-refractivity contribution in [3.8, 4) is 0 Å². The van der Waals surface area contributed by atoms with Crippen molar-refractivity contribution >= 4 is 11.9 Å². The van der Waals surface area contributed by atoms with Crippen LogP contribution in [-0.4, -0.2) is 24.9 Å². The van der Waals surface area contributed by atoms with Crippen LogP contribution >= 0.6 is 0 Å². The maximum absolute atomic E-state index is 5.60. The van der Waals surface area contributed by atoms with Gasteiger partial charge in [0.2, 0.25) is 11.9 Å². The van der Waals surface area contributed by atoms with E-state index in [1.165, 1.54) is 0 Å².